The van der Waals surface area contributed by atoms with Crippen LogP contribution in [0.5, 0.6) is 0 Å². The number of hydrogen-bond donors (Lipinski definition) is 0. The summed E-state index contributed by atoms with van der Waals surface area (Å²) in [5.74, 6) is 0.418. The van der Waals surface area contributed by atoms with Crippen molar-refractivity contribution < 1.29 is 14.3 Å². The van der Waals surface area contributed by atoms with Crippen molar-refractivity contribution in [3.8, 4) is 6.07 Å². The number of carbonyl (C=O) groups excluding carboxylic acids is 2. The Labute approximate surface area is 140 Å². The number of amides is 1. The largest absolute Gasteiger partial charge is 0.445 e. The number of benzene rings is 1. The van der Waals surface area contributed by atoms with E-state index in [0.717, 1.165) is 23.7 Å². The molecule has 1 aromatic carbocycles. The maximum atomic E-state index is 12.2. The Morgan fingerprint density at radius 3 is 2.78 bits per heavy atom. The Bertz CT molecular complexity index is 600. The smallest absolute Gasteiger partial charge is 0.410 e. The van der Waals surface area contributed by atoms with Crippen molar-refractivity contribution in [3.05, 3.63) is 35.9 Å². The summed E-state index contributed by atoms with van der Waals surface area (Å²) in [6.07, 6.45) is 1.04. The molecule has 2 rings (SSSR count). The van der Waals surface area contributed by atoms with Gasteiger partial charge in [-0.3, -0.25) is 4.79 Å². The van der Waals surface area contributed by atoms with Crippen molar-refractivity contribution in [1.82, 2.24) is 4.90 Å². The molecule has 0 aromatic heterocycles. The molecule has 1 aliphatic heterocycles. The minimum absolute atomic E-state index is 0.0107. The van der Waals surface area contributed by atoms with E-state index in [9.17, 15) is 14.9 Å². The summed E-state index contributed by atoms with van der Waals surface area (Å²) in [6.45, 7) is 2.61. The first-order valence-corrected chi connectivity index (χ1v) is 8.53. The van der Waals surface area contributed by atoms with Crippen LogP contribution in [0.25, 0.3) is 0 Å². The molecule has 0 bridgehead atoms. The summed E-state index contributed by atoms with van der Waals surface area (Å²) in [5.41, 5.74) is 0.261. The van der Waals surface area contributed by atoms with Crippen LogP contribution in [0, 0.1) is 16.7 Å². The van der Waals surface area contributed by atoms with E-state index in [-0.39, 0.29) is 11.7 Å². The number of carbonyl (C=O) groups is 2. The molecule has 1 aromatic rings. The maximum Gasteiger partial charge on any atom is 0.410 e. The highest BCUT2D eigenvalue weighted by atomic mass is 32.2. The lowest BCUT2D eigenvalue weighted by Crippen LogP contribution is -2.47. The van der Waals surface area contributed by atoms with Gasteiger partial charge in [-0.25, -0.2) is 4.79 Å². The van der Waals surface area contributed by atoms with E-state index in [1.54, 1.807) is 4.90 Å². The summed E-state index contributed by atoms with van der Waals surface area (Å²) in [5, 5.41) is 9.50. The molecule has 1 unspecified atom stereocenters. The molecule has 6 heteroatoms. The third kappa shape index (κ3) is 5.00. The van der Waals surface area contributed by atoms with Crippen molar-refractivity contribution in [2.45, 2.75) is 26.4 Å². The van der Waals surface area contributed by atoms with Crippen molar-refractivity contribution in [1.29, 1.82) is 5.26 Å². The summed E-state index contributed by atoms with van der Waals surface area (Å²) in [7, 11) is 0. The zero-order valence-corrected chi connectivity index (χ0v) is 14.0. The van der Waals surface area contributed by atoms with Gasteiger partial charge in [0.2, 0.25) is 0 Å². The summed E-state index contributed by atoms with van der Waals surface area (Å²) in [4.78, 5) is 25.0. The molecule has 1 atom stereocenters. The predicted octanol–water partition coefficient (Wildman–Crippen LogP) is 3.21. The highest BCUT2D eigenvalue weighted by Gasteiger charge is 2.38. The van der Waals surface area contributed by atoms with Crippen LogP contribution in [0.1, 0.15) is 25.3 Å². The molecular weight excluding hydrogens is 312 g/mol. The molecule has 23 heavy (non-hydrogen) atoms. The fourth-order valence-corrected chi connectivity index (χ4v) is 3.36. The van der Waals surface area contributed by atoms with E-state index in [2.05, 4.69) is 6.07 Å². The van der Waals surface area contributed by atoms with E-state index in [0.29, 0.717) is 25.3 Å². The van der Waals surface area contributed by atoms with Gasteiger partial charge in [0.1, 0.15) is 6.61 Å². The second-order valence-corrected chi connectivity index (χ2v) is 6.89. The van der Waals surface area contributed by atoms with Gasteiger partial charge in [-0.1, -0.05) is 42.1 Å². The van der Waals surface area contributed by atoms with Crippen LogP contribution in [0.3, 0.4) is 0 Å². The SMILES string of the molecule is CC(=O)SCC1(C#N)CCCN(C(=O)OCc2ccccc2)C1. The lowest BCUT2D eigenvalue weighted by molar-refractivity contribution is -0.109. The van der Waals surface area contributed by atoms with Gasteiger partial charge < -0.3 is 9.64 Å². The summed E-state index contributed by atoms with van der Waals surface area (Å²) >= 11 is 1.15. The number of likely N-dealkylation sites (tertiary alicyclic amines) is 1. The monoisotopic (exact) mass is 332 g/mol. The molecule has 5 nitrogen and oxygen atoms in total. The first-order valence-electron chi connectivity index (χ1n) is 7.55. The Balaban J connectivity index is 1.92. The standard InChI is InChI=1S/C17H20N2O3S/c1-14(20)23-13-17(11-18)8-5-9-19(12-17)16(21)22-10-15-6-3-2-4-7-15/h2-4,6-7H,5,8-10,12-13H2,1H3. The third-order valence-corrected chi connectivity index (χ3v) is 4.93. The van der Waals surface area contributed by atoms with Gasteiger partial charge in [0.25, 0.3) is 0 Å². The molecule has 1 amide bonds. The van der Waals surface area contributed by atoms with Crippen LogP contribution in [0.15, 0.2) is 30.3 Å². The molecule has 1 aliphatic rings. The number of ether oxygens (including phenoxy) is 1. The Morgan fingerprint density at radius 1 is 1.39 bits per heavy atom. The molecule has 1 heterocycles. The molecule has 122 valence electrons. The second-order valence-electron chi connectivity index (χ2n) is 5.74. The Morgan fingerprint density at radius 2 is 2.13 bits per heavy atom. The van der Waals surface area contributed by atoms with E-state index in [4.69, 9.17) is 4.74 Å². The predicted molar refractivity (Wildman–Crippen MR) is 88.6 cm³/mol. The Hall–Kier alpha value is -2.00. The van der Waals surface area contributed by atoms with Crippen LogP contribution < -0.4 is 0 Å². The van der Waals surface area contributed by atoms with Crippen molar-refractivity contribution in [2.75, 3.05) is 18.8 Å². The van der Waals surface area contributed by atoms with Crippen molar-refractivity contribution >= 4 is 23.0 Å². The van der Waals surface area contributed by atoms with E-state index in [1.165, 1.54) is 6.92 Å². The average Bonchev–Trinajstić information content (AvgIpc) is 2.59. The van der Waals surface area contributed by atoms with Crippen molar-refractivity contribution in [3.63, 3.8) is 0 Å². The van der Waals surface area contributed by atoms with Gasteiger partial charge in [-0.2, -0.15) is 5.26 Å². The minimum Gasteiger partial charge on any atom is -0.445 e. The normalized spacial score (nSPS) is 20.6. The number of rotatable bonds is 4. The van der Waals surface area contributed by atoms with E-state index >= 15 is 0 Å². The number of nitrogens with zero attached hydrogens (tertiary/aromatic N) is 2. The zero-order chi connectivity index (χ0) is 16.7. The fourth-order valence-electron chi connectivity index (χ4n) is 2.58. The molecule has 0 radical (unpaired) electrons. The van der Waals surface area contributed by atoms with Gasteiger partial charge in [-0.15, -0.1) is 0 Å². The average molecular weight is 332 g/mol. The lowest BCUT2D eigenvalue weighted by atomic mass is 9.83. The van der Waals surface area contributed by atoms with E-state index in [1.807, 2.05) is 30.3 Å². The quantitative estimate of drug-likeness (QED) is 0.847. The van der Waals surface area contributed by atoms with Gasteiger partial charge in [0.05, 0.1) is 11.5 Å². The van der Waals surface area contributed by atoms with Crippen LogP contribution >= 0.6 is 11.8 Å². The third-order valence-electron chi connectivity index (χ3n) is 3.83. The number of hydrogen-bond acceptors (Lipinski definition) is 5. The molecule has 0 spiro atoms. The summed E-state index contributed by atoms with van der Waals surface area (Å²) in [6, 6.07) is 11.8. The molecule has 1 saturated heterocycles. The van der Waals surface area contributed by atoms with Crippen LogP contribution in [0.4, 0.5) is 4.79 Å². The highest BCUT2D eigenvalue weighted by Crippen LogP contribution is 2.33. The number of nitriles is 1. The number of piperidine rings is 1. The molecular formula is C17H20N2O3S. The highest BCUT2D eigenvalue weighted by molar-refractivity contribution is 8.13. The molecule has 0 aliphatic carbocycles. The summed E-state index contributed by atoms with van der Waals surface area (Å²) < 4.78 is 5.33. The van der Waals surface area contributed by atoms with Gasteiger partial charge in [0, 0.05) is 25.8 Å². The number of thioether (sulfide) groups is 1. The van der Waals surface area contributed by atoms with Crippen LogP contribution in [0.2, 0.25) is 0 Å². The molecule has 0 N–H and O–H groups in total. The topological polar surface area (TPSA) is 70.4 Å². The molecule has 0 saturated carbocycles. The van der Waals surface area contributed by atoms with Gasteiger partial charge in [-0.05, 0) is 18.4 Å². The van der Waals surface area contributed by atoms with Crippen LogP contribution in [-0.2, 0) is 16.1 Å². The Kier molecular flexibility index (Phi) is 6.05. The van der Waals surface area contributed by atoms with Gasteiger partial charge >= 0.3 is 6.09 Å². The van der Waals surface area contributed by atoms with Gasteiger partial charge in [0.15, 0.2) is 5.12 Å². The fraction of sp³-hybridized carbons (Fsp3) is 0.471. The van der Waals surface area contributed by atoms with Crippen molar-refractivity contribution in [2.24, 2.45) is 5.41 Å². The maximum absolute atomic E-state index is 12.2. The minimum atomic E-state index is -0.666. The lowest BCUT2D eigenvalue weighted by Gasteiger charge is -2.37. The van der Waals surface area contributed by atoms with Crippen LogP contribution in [-0.4, -0.2) is 35.0 Å². The van der Waals surface area contributed by atoms with E-state index < -0.39 is 11.5 Å². The zero-order valence-electron chi connectivity index (χ0n) is 13.2. The molecule has 1 fully saturated rings. The second kappa shape index (κ2) is 8.02. The first kappa shape index (κ1) is 17.4. The first-order chi connectivity index (χ1) is 11.0.